The first-order valence-electron chi connectivity index (χ1n) is 7.87. The van der Waals surface area contributed by atoms with Gasteiger partial charge in [0.2, 0.25) is 17.8 Å². The number of anilines is 3. The number of morpholine rings is 1. The first kappa shape index (κ1) is 14.3. The van der Waals surface area contributed by atoms with Crippen molar-refractivity contribution in [2.45, 2.75) is 32.8 Å². The first-order chi connectivity index (χ1) is 10.3. The fourth-order valence-corrected chi connectivity index (χ4v) is 2.79. The Morgan fingerprint density at radius 2 is 1.81 bits per heavy atom. The van der Waals surface area contributed by atoms with Crippen molar-refractivity contribution in [2.24, 2.45) is 0 Å². The van der Waals surface area contributed by atoms with Crippen LogP contribution in [-0.2, 0) is 4.74 Å². The summed E-state index contributed by atoms with van der Waals surface area (Å²) in [4.78, 5) is 18.2. The molecular weight excluding hydrogens is 268 g/mol. The third-order valence-electron chi connectivity index (χ3n) is 3.86. The van der Waals surface area contributed by atoms with E-state index in [9.17, 15) is 0 Å². The zero-order valence-electron chi connectivity index (χ0n) is 12.9. The lowest BCUT2D eigenvalue weighted by Gasteiger charge is -2.31. The third kappa shape index (κ3) is 3.34. The zero-order valence-corrected chi connectivity index (χ0v) is 12.9. The Hall–Kier alpha value is -1.63. The maximum Gasteiger partial charge on any atom is 0.232 e. The molecule has 0 amide bonds. The molecular formula is C14H24N6O. The van der Waals surface area contributed by atoms with E-state index in [0.717, 1.165) is 51.2 Å². The molecule has 2 aliphatic heterocycles. The average molecular weight is 292 g/mol. The van der Waals surface area contributed by atoms with E-state index in [1.165, 1.54) is 12.8 Å². The summed E-state index contributed by atoms with van der Waals surface area (Å²) in [5.41, 5.74) is 0. The predicted octanol–water partition coefficient (Wildman–Crippen LogP) is 1.13. The molecule has 2 fully saturated rings. The van der Waals surface area contributed by atoms with Gasteiger partial charge in [0.25, 0.3) is 0 Å². The summed E-state index contributed by atoms with van der Waals surface area (Å²) in [7, 11) is 0. The molecule has 1 unspecified atom stereocenters. The van der Waals surface area contributed by atoms with Gasteiger partial charge in [-0.1, -0.05) is 0 Å². The largest absolute Gasteiger partial charge is 0.375 e. The molecule has 7 nitrogen and oxygen atoms in total. The van der Waals surface area contributed by atoms with Crippen LogP contribution in [0.4, 0.5) is 17.8 Å². The van der Waals surface area contributed by atoms with Crippen LogP contribution in [0.3, 0.4) is 0 Å². The highest BCUT2D eigenvalue weighted by Gasteiger charge is 2.23. The van der Waals surface area contributed by atoms with Gasteiger partial charge in [0.1, 0.15) is 0 Å². The molecule has 3 rings (SSSR count). The highest BCUT2D eigenvalue weighted by Crippen LogP contribution is 2.21. The molecule has 1 atom stereocenters. The molecule has 116 valence electrons. The number of aromatic nitrogens is 3. The summed E-state index contributed by atoms with van der Waals surface area (Å²) in [5.74, 6) is 2.23. The summed E-state index contributed by atoms with van der Waals surface area (Å²) < 4.78 is 5.60. The Balaban J connectivity index is 1.86. The molecule has 0 spiro atoms. The molecule has 0 radical (unpaired) electrons. The third-order valence-corrected chi connectivity index (χ3v) is 3.86. The molecule has 1 N–H and O–H groups in total. The van der Waals surface area contributed by atoms with Gasteiger partial charge in [-0.05, 0) is 26.7 Å². The smallest absolute Gasteiger partial charge is 0.232 e. The van der Waals surface area contributed by atoms with Gasteiger partial charge in [0.05, 0.1) is 12.7 Å². The summed E-state index contributed by atoms with van der Waals surface area (Å²) in [6, 6.07) is 0. The van der Waals surface area contributed by atoms with E-state index in [-0.39, 0.29) is 6.10 Å². The van der Waals surface area contributed by atoms with Crippen molar-refractivity contribution in [3.63, 3.8) is 0 Å². The molecule has 3 heterocycles. The van der Waals surface area contributed by atoms with Crippen LogP contribution < -0.4 is 15.1 Å². The van der Waals surface area contributed by atoms with Gasteiger partial charge >= 0.3 is 0 Å². The van der Waals surface area contributed by atoms with Gasteiger partial charge in [-0.3, -0.25) is 0 Å². The monoisotopic (exact) mass is 292 g/mol. The summed E-state index contributed by atoms with van der Waals surface area (Å²) in [6.45, 7) is 9.40. The van der Waals surface area contributed by atoms with E-state index in [0.29, 0.717) is 5.95 Å². The van der Waals surface area contributed by atoms with E-state index >= 15 is 0 Å². The number of nitrogens with zero attached hydrogens (tertiary/aromatic N) is 5. The molecule has 0 aliphatic carbocycles. The number of nitrogens with one attached hydrogen (secondary N) is 1. The highest BCUT2D eigenvalue weighted by atomic mass is 16.5. The topological polar surface area (TPSA) is 66.4 Å². The van der Waals surface area contributed by atoms with E-state index in [1.807, 2.05) is 0 Å². The average Bonchev–Trinajstić information content (AvgIpc) is 3.01. The number of hydrogen-bond donors (Lipinski definition) is 1. The Labute approximate surface area is 125 Å². The van der Waals surface area contributed by atoms with E-state index in [2.05, 4.69) is 43.9 Å². The predicted molar refractivity (Wildman–Crippen MR) is 83.1 cm³/mol. The molecule has 21 heavy (non-hydrogen) atoms. The van der Waals surface area contributed by atoms with Crippen LogP contribution in [0.5, 0.6) is 0 Å². The molecule has 0 aromatic carbocycles. The van der Waals surface area contributed by atoms with Crippen molar-refractivity contribution in [3.8, 4) is 0 Å². The maximum absolute atomic E-state index is 5.60. The molecule has 0 bridgehead atoms. The van der Waals surface area contributed by atoms with E-state index < -0.39 is 0 Å². The molecule has 7 heteroatoms. The van der Waals surface area contributed by atoms with Crippen LogP contribution in [0.25, 0.3) is 0 Å². The van der Waals surface area contributed by atoms with Crippen molar-refractivity contribution >= 4 is 17.8 Å². The minimum absolute atomic E-state index is 0.216. The number of rotatable bonds is 4. The summed E-state index contributed by atoms with van der Waals surface area (Å²) in [6.07, 6.45) is 2.64. The van der Waals surface area contributed by atoms with Crippen LogP contribution in [0.15, 0.2) is 0 Å². The van der Waals surface area contributed by atoms with Crippen LogP contribution in [0.2, 0.25) is 0 Å². The molecule has 2 saturated heterocycles. The van der Waals surface area contributed by atoms with E-state index in [1.54, 1.807) is 0 Å². The summed E-state index contributed by atoms with van der Waals surface area (Å²) >= 11 is 0. The normalized spacial score (nSPS) is 22.7. The van der Waals surface area contributed by atoms with Gasteiger partial charge < -0.3 is 19.9 Å². The van der Waals surface area contributed by atoms with Crippen molar-refractivity contribution < 1.29 is 4.74 Å². The van der Waals surface area contributed by atoms with Gasteiger partial charge in [0, 0.05) is 32.7 Å². The van der Waals surface area contributed by atoms with Crippen molar-refractivity contribution in [1.29, 1.82) is 0 Å². The van der Waals surface area contributed by atoms with Crippen molar-refractivity contribution in [2.75, 3.05) is 54.4 Å². The highest BCUT2D eigenvalue weighted by molar-refractivity contribution is 5.46. The lowest BCUT2D eigenvalue weighted by molar-refractivity contribution is 0.0526. The van der Waals surface area contributed by atoms with E-state index in [4.69, 9.17) is 4.74 Å². The Morgan fingerprint density at radius 1 is 1.10 bits per heavy atom. The minimum Gasteiger partial charge on any atom is -0.375 e. The Bertz CT molecular complexity index is 477. The lowest BCUT2D eigenvalue weighted by atomic mass is 10.3. The maximum atomic E-state index is 5.60. The fraction of sp³-hybridized carbons (Fsp3) is 0.786. The second kappa shape index (κ2) is 6.43. The van der Waals surface area contributed by atoms with Gasteiger partial charge in [-0.15, -0.1) is 0 Å². The molecule has 1 aromatic rings. The van der Waals surface area contributed by atoms with Gasteiger partial charge in [-0.25, -0.2) is 0 Å². The van der Waals surface area contributed by atoms with Crippen molar-refractivity contribution in [3.05, 3.63) is 0 Å². The quantitative estimate of drug-likeness (QED) is 0.892. The van der Waals surface area contributed by atoms with Gasteiger partial charge in [0.15, 0.2) is 0 Å². The van der Waals surface area contributed by atoms with Crippen molar-refractivity contribution in [1.82, 2.24) is 15.0 Å². The zero-order chi connectivity index (χ0) is 14.7. The molecule has 0 saturated carbocycles. The second-order valence-electron chi connectivity index (χ2n) is 5.61. The standard InChI is InChI=1S/C14H24N6O/c1-3-15-12-16-13(19-6-4-5-7-19)18-14(17-12)20-8-9-21-11(2)10-20/h11H,3-10H2,1-2H3,(H,15,16,17,18). The second-order valence-corrected chi connectivity index (χ2v) is 5.61. The van der Waals surface area contributed by atoms with Gasteiger partial charge in [-0.2, -0.15) is 15.0 Å². The van der Waals surface area contributed by atoms with Crippen LogP contribution in [0.1, 0.15) is 26.7 Å². The van der Waals surface area contributed by atoms with Crippen LogP contribution >= 0.6 is 0 Å². The Kier molecular flexibility index (Phi) is 4.38. The fourth-order valence-electron chi connectivity index (χ4n) is 2.79. The molecule has 2 aliphatic rings. The van der Waals surface area contributed by atoms with Crippen LogP contribution in [-0.4, -0.2) is 60.4 Å². The summed E-state index contributed by atoms with van der Waals surface area (Å²) in [5, 5.41) is 3.22. The number of ether oxygens (including phenoxy) is 1. The Morgan fingerprint density at radius 3 is 2.48 bits per heavy atom. The lowest BCUT2D eigenvalue weighted by Crippen LogP contribution is -2.42. The number of hydrogen-bond acceptors (Lipinski definition) is 7. The molecule has 1 aromatic heterocycles. The minimum atomic E-state index is 0.216. The van der Waals surface area contributed by atoms with Crippen LogP contribution in [0, 0.1) is 0 Å². The first-order valence-corrected chi connectivity index (χ1v) is 7.87. The SMILES string of the molecule is CCNc1nc(N2CCCC2)nc(N2CCOC(C)C2)n1.